The van der Waals surface area contributed by atoms with Gasteiger partial charge in [-0.25, -0.2) is 17.8 Å². The molecule has 1 aromatic carbocycles. The van der Waals surface area contributed by atoms with Crippen molar-refractivity contribution in [3.05, 3.63) is 48.3 Å². The Labute approximate surface area is 148 Å². The minimum absolute atomic E-state index is 0.117. The summed E-state index contributed by atoms with van der Waals surface area (Å²) in [4.78, 5) is 0.117. The van der Waals surface area contributed by atoms with Crippen LogP contribution in [0.2, 0.25) is 0 Å². The molecule has 0 unspecified atom stereocenters. The number of ether oxygens (including phenoxy) is 1. The third-order valence-corrected chi connectivity index (χ3v) is 5.98. The highest BCUT2D eigenvalue weighted by atomic mass is 32.2. The molecule has 2 aromatic rings. The summed E-state index contributed by atoms with van der Waals surface area (Å²) in [6.45, 7) is 1.89. The summed E-state index contributed by atoms with van der Waals surface area (Å²) >= 11 is 0. The highest BCUT2D eigenvalue weighted by Gasteiger charge is 2.24. The van der Waals surface area contributed by atoms with E-state index < -0.39 is 10.0 Å². The standard InChI is InChI=1S/C18H23N3O3S/c1-14(15-7-4-3-5-8-15)20-25(22,23)18-13-16(9-10-17(18)24-2)21-12-6-11-19-21/h6-7,9-14,20H,3-5,8H2,1-2H3/t14-/m1/s1. The first-order valence-electron chi connectivity index (χ1n) is 8.40. The maximum Gasteiger partial charge on any atom is 0.244 e. The lowest BCUT2D eigenvalue weighted by molar-refractivity contribution is 0.402. The number of methoxy groups -OCH3 is 1. The van der Waals surface area contributed by atoms with Gasteiger partial charge in [0.05, 0.1) is 12.8 Å². The van der Waals surface area contributed by atoms with E-state index in [-0.39, 0.29) is 10.9 Å². The summed E-state index contributed by atoms with van der Waals surface area (Å²) in [5.74, 6) is 0.313. The Kier molecular flexibility index (Phi) is 5.24. The third-order valence-electron chi connectivity index (χ3n) is 4.42. The van der Waals surface area contributed by atoms with Gasteiger partial charge in [-0.15, -0.1) is 0 Å². The third kappa shape index (κ3) is 3.93. The number of aromatic nitrogens is 2. The quantitative estimate of drug-likeness (QED) is 0.803. The van der Waals surface area contributed by atoms with Crippen LogP contribution >= 0.6 is 0 Å². The Morgan fingerprint density at radius 3 is 2.80 bits per heavy atom. The van der Waals surface area contributed by atoms with Gasteiger partial charge in [-0.2, -0.15) is 5.10 Å². The summed E-state index contributed by atoms with van der Waals surface area (Å²) in [6.07, 6.45) is 9.79. The molecule has 0 bridgehead atoms. The molecule has 0 spiro atoms. The number of allylic oxidation sites excluding steroid dienone is 1. The number of rotatable bonds is 6. The van der Waals surface area contributed by atoms with Crippen molar-refractivity contribution in [3.63, 3.8) is 0 Å². The second-order valence-corrected chi connectivity index (χ2v) is 7.84. The van der Waals surface area contributed by atoms with E-state index >= 15 is 0 Å². The highest BCUT2D eigenvalue weighted by Crippen LogP contribution is 2.28. The Morgan fingerprint density at radius 2 is 2.16 bits per heavy atom. The molecule has 0 radical (unpaired) electrons. The van der Waals surface area contributed by atoms with Crippen molar-refractivity contribution in [1.29, 1.82) is 0 Å². The van der Waals surface area contributed by atoms with Crippen LogP contribution in [0.25, 0.3) is 5.69 Å². The number of sulfonamides is 1. The first kappa shape index (κ1) is 17.7. The molecule has 0 amide bonds. The maximum absolute atomic E-state index is 12.9. The van der Waals surface area contributed by atoms with Crippen LogP contribution in [0.15, 0.2) is 53.2 Å². The molecule has 1 N–H and O–H groups in total. The zero-order valence-electron chi connectivity index (χ0n) is 14.5. The average Bonchev–Trinajstić information content (AvgIpc) is 3.16. The molecule has 1 aliphatic carbocycles. The summed E-state index contributed by atoms with van der Waals surface area (Å²) in [5, 5.41) is 4.15. The Balaban J connectivity index is 1.92. The van der Waals surface area contributed by atoms with Crippen molar-refractivity contribution in [2.24, 2.45) is 0 Å². The van der Waals surface area contributed by atoms with E-state index in [9.17, 15) is 8.42 Å². The van der Waals surface area contributed by atoms with Gasteiger partial charge in [-0.1, -0.05) is 11.6 Å². The summed E-state index contributed by atoms with van der Waals surface area (Å²) in [5.41, 5.74) is 1.81. The molecule has 1 aromatic heterocycles. The number of hydrogen-bond acceptors (Lipinski definition) is 4. The highest BCUT2D eigenvalue weighted by molar-refractivity contribution is 7.89. The molecule has 0 fully saturated rings. The summed E-state index contributed by atoms with van der Waals surface area (Å²) < 4.78 is 35.5. The predicted octanol–water partition coefficient (Wildman–Crippen LogP) is 3.05. The Hall–Kier alpha value is -2.12. The normalized spacial score (nSPS) is 16.3. The molecule has 1 aliphatic rings. The number of benzene rings is 1. The predicted molar refractivity (Wildman–Crippen MR) is 96.5 cm³/mol. The topological polar surface area (TPSA) is 73.2 Å². The molecule has 6 nitrogen and oxygen atoms in total. The van der Waals surface area contributed by atoms with Crippen LogP contribution in [-0.4, -0.2) is 31.3 Å². The average molecular weight is 361 g/mol. The SMILES string of the molecule is COc1ccc(-n2cccn2)cc1S(=O)(=O)N[C@H](C)C1=CCCCC1. The lowest BCUT2D eigenvalue weighted by Crippen LogP contribution is -2.34. The number of nitrogens with zero attached hydrogens (tertiary/aromatic N) is 2. The minimum Gasteiger partial charge on any atom is -0.495 e. The van der Waals surface area contributed by atoms with Crippen molar-refractivity contribution in [2.75, 3.05) is 7.11 Å². The van der Waals surface area contributed by atoms with Gasteiger partial charge in [0.25, 0.3) is 0 Å². The van der Waals surface area contributed by atoms with Crippen molar-refractivity contribution in [1.82, 2.24) is 14.5 Å². The zero-order chi connectivity index (χ0) is 17.9. The van der Waals surface area contributed by atoms with Gasteiger partial charge in [0.1, 0.15) is 10.6 Å². The first-order valence-corrected chi connectivity index (χ1v) is 9.89. The second kappa shape index (κ2) is 7.41. The van der Waals surface area contributed by atoms with E-state index in [0.29, 0.717) is 11.4 Å². The van der Waals surface area contributed by atoms with Crippen molar-refractivity contribution < 1.29 is 13.2 Å². The van der Waals surface area contributed by atoms with Gasteiger partial charge in [0.15, 0.2) is 0 Å². The molecule has 0 aliphatic heterocycles. The van der Waals surface area contributed by atoms with Gasteiger partial charge in [-0.3, -0.25) is 0 Å². The van der Waals surface area contributed by atoms with Gasteiger partial charge >= 0.3 is 0 Å². The molecule has 25 heavy (non-hydrogen) atoms. The molecule has 1 heterocycles. The van der Waals surface area contributed by atoms with E-state index in [1.165, 1.54) is 13.5 Å². The van der Waals surface area contributed by atoms with Crippen molar-refractivity contribution >= 4 is 10.0 Å². The molecule has 0 saturated heterocycles. The summed E-state index contributed by atoms with van der Waals surface area (Å²) in [7, 11) is -2.25. The lowest BCUT2D eigenvalue weighted by Gasteiger charge is -2.21. The fraction of sp³-hybridized carbons (Fsp3) is 0.389. The van der Waals surface area contributed by atoms with Gasteiger partial charge in [0.2, 0.25) is 10.0 Å². The number of nitrogens with one attached hydrogen (secondary N) is 1. The summed E-state index contributed by atoms with van der Waals surface area (Å²) in [6, 6.07) is 6.56. The molecular formula is C18H23N3O3S. The van der Waals surface area contributed by atoms with Crippen LogP contribution in [0.5, 0.6) is 5.75 Å². The van der Waals surface area contributed by atoms with Crippen molar-refractivity contribution in [3.8, 4) is 11.4 Å². The molecule has 3 rings (SSSR count). The largest absolute Gasteiger partial charge is 0.495 e. The fourth-order valence-electron chi connectivity index (χ4n) is 3.07. The van der Waals surface area contributed by atoms with Crippen LogP contribution in [0.1, 0.15) is 32.6 Å². The van der Waals surface area contributed by atoms with E-state index in [1.54, 1.807) is 41.3 Å². The molecular weight excluding hydrogens is 338 g/mol. The first-order chi connectivity index (χ1) is 12.0. The van der Waals surface area contributed by atoms with Crippen LogP contribution in [0, 0.1) is 0 Å². The molecule has 134 valence electrons. The molecule has 7 heteroatoms. The number of hydrogen-bond donors (Lipinski definition) is 1. The lowest BCUT2D eigenvalue weighted by atomic mass is 9.95. The van der Waals surface area contributed by atoms with E-state index in [1.807, 2.05) is 6.92 Å². The second-order valence-electron chi connectivity index (χ2n) is 6.15. The zero-order valence-corrected chi connectivity index (χ0v) is 15.3. The van der Waals surface area contributed by atoms with Gasteiger partial charge < -0.3 is 4.74 Å². The Bertz CT molecular complexity index is 858. The molecule has 0 saturated carbocycles. The Morgan fingerprint density at radius 1 is 1.32 bits per heavy atom. The van der Waals surface area contributed by atoms with Crippen LogP contribution in [0.3, 0.4) is 0 Å². The smallest absolute Gasteiger partial charge is 0.244 e. The maximum atomic E-state index is 12.9. The van der Waals surface area contributed by atoms with Crippen LogP contribution in [0.4, 0.5) is 0 Å². The van der Waals surface area contributed by atoms with Crippen LogP contribution in [-0.2, 0) is 10.0 Å². The minimum atomic E-state index is -3.72. The molecule has 1 atom stereocenters. The van der Waals surface area contributed by atoms with E-state index in [0.717, 1.165) is 24.8 Å². The van der Waals surface area contributed by atoms with Crippen molar-refractivity contribution in [2.45, 2.75) is 43.5 Å². The fourth-order valence-corrected chi connectivity index (χ4v) is 4.50. The van der Waals surface area contributed by atoms with Gasteiger partial charge in [-0.05, 0) is 56.9 Å². The van der Waals surface area contributed by atoms with E-state index in [2.05, 4.69) is 15.9 Å². The van der Waals surface area contributed by atoms with E-state index in [4.69, 9.17) is 4.74 Å². The monoisotopic (exact) mass is 361 g/mol. The van der Waals surface area contributed by atoms with Gasteiger partial charge in [0, 0.05) is 18.4 Å². The van der Waals surface area contributed by atoms with Crippen LogP contribution < -0.4 is 9.46 Å².